The summed E-state index contributed by atoms with van der Waals surface area (Å²) < 4.78 is 99.3. The van der Waals surface area contributed by atoms with Gasteiger partial charge in [0.2, 0.25) is 11.2 Å². The second kappa shape index (κ2) is 28.9. The van der Waals surface area contributed by atoms with E-state index in [4.69, 9.17) is 47.6 Å². The molecule has 0 bridgehead atoms. The third-order valence-corrected chi connectivity index (χ3v) is 14.9. The van der Waals surface area contributed by atoms with Crippen molar-refractivity contribution in [2.45, 2.75) is 126 Å². The van der Waals surface area contributed by atoms with Crippen LogP contribution in [0.25, 0.3) is 0 Å². The molecule has 6 atom stereocenters. The maximum atomic E-state index is 13.3. The fraction of sp³-hybridized carbons (Fsp3) is 0.571. The Labute approximate surface area is 450 Å². The zero-order valence-electron chi connectivity index (χ0n) is 44.1. The lowest BCUT2D eigenvalue weighted by molar-refractivity contribution is -0.899. The van der Waals surface area contributed by atoms with Crippen molar-refractivity contribution in [1.29, 1.82) is 0 Å². The Morgan fingerprint density at radius 3 is 1.17 bits per heavy atom. The van der Waals surface area contributed by atoms with E-state index in [0.717, 1.165) is 125 Å². The van der Waals surface area contributed by atoms with Gasteiger partial charge in [0.1, 0.15) is 49.6 Å². The average molecular weight is 1110 g/mol. The van der Waals surface area contributed by atoms with E-state index in [1.54, 1.807) is 24.3 Å². The van der Waals surface area contributed by atoms with Gasteiger partial charge in [-0.25, -0.2) is 9.59 Å². The van der Waals surface area contributed by atoms with Gasteiger partial charge in [-0.15, -0.1) is 0 Å². The van der Waals surface area contributed by atoms with Crippen molar-refractivity contribution in [1.82, 2.24) is 0 Å². The first-order valence-corrected chi connectivity index (χ1v) is 26.3. The molecule has 2 aromatic heterocycles. The minimum absolute atomic E-state index is 0.163. The molecule has 4 aliphatic rings. The van der Waals surface area contributed by atoms with Crippen molar-refractivity contribution in [2.75, 3.05) is 66.6 Å². The SMILES string of the molecule is C[N+]1(CCOCc2ccccc2)CCC(OC(=O)C(O)(c2ccco2)C2CCCCC2)C1.C[N+]1(CCOCc2ccccc2)CCC(OC(=O)C(O)(c2ccco2)C2CCCCC2)C1.O=C([O-])C(F)(F)F.O=C([O-])C(F)(F)F. The van der Waals surface area contributed by atoms with E-state index in [0.29, 0.717) is 37.9 Å². The number of rotatable bonds is 18. The number of halogens is 6. The van der Waals surface area contributed by atoms with Gasteiger partial charge in [-0.3, -0.25) is 0 Å². The minimum Gasteiger partial charge on any atom is -0.542 e. The van der Waals surface area contributed by atoms with E-state index in [2.05, 4.69) is 38.4 Å². The van der Waals surface area contributed by atoms with Crippen molar-refractivity contribution < 1.29 is 103 Å². The van der Waals surface area contributed by atoms with Crippen molar-refractivity contribution in [3.8, 4) is 0 Å². The van der Waals surface area contributed by atoms with E-state index >= 15 is 0 Å². The highest BCUT2D eigenvalue weighted by molar-refractivity contribution is 5.81. The van der Waals surface area contributed by atoms with E-state index in [-0.39, 0.29) is 24.0 Å². The number of hydrogen-bond donors (Lipinski definition) is 2. The van der Waals surface area contributed by atoms with Crippen LogP contribution in [0.2, 0.25) is 0 Å². The van der Waals surface area contributed by atoms with Gasteiger partial charge >= 0.3 is 24.3 Å². The first-order valence-electron chi connectivity index (χ1n) is 26.3. The number of benzene rings is 2. The summed E-state index contributed by atoms with van der Waals surface area (Å²) in [6, 6.07) is 27.1. The first kappa shape index (κ1) is 63.1. The Hall–Kier alpha value is -5.78. The van der Waals surface area contributed by atoms with Gasteiger partial charge < -0.3 is 66.8 Å². The molecule has 2 aliphatic carbocycles. The van der Waals surface area contributed by atoms with Crippen LogP contribution in [0.5, 0.6) is 0 Å². The number of aliphatic carboxylic acids is 2. The Bertz CT molecular complexity index is 2250. The number of quaternary nitrogens is 2. The Morgan fingerprint density at radius 1 is 0.538 bits per heavy atom. The molecule has 16 nitrogen and oxygen atoms in total. The fourth-order valence-electron chi connectivity index (χ4n) is 10.4. The van der Waals surface area contributed by atoms with Gasteiger partial charge in [-0.2, -0.15) is 26.3 Å². The fourth-order valence-corrected chi connectivity index (χ4v) is 10.4. The molecule has 2 saturated carbocycles. The van der Waals surface area contributed by atoms with Crippen LogP contribution in [0.3, 0.4) is 0 Å². The van der Waals surface area contributed by atoms with Crippen LogP contribution >= 0.6 is 0 Å². The lowest BCUT2D eigenvalue weighted by atomic mass is 9.75. The van der Waals surface area contributed by atoms with Crippen molar-refractivity contribution in [3.63, 3.8) is 0 Å². The lowest BCUT2D eigenvalue weighted by Gasteiger charge is -2.35. The highest BCUT2D eigenvalue weighted by Gasteiger charge is 2.53. The molecule has 2 N–H and O–H groups in total. The standard InChI is InChI=1S/2C26H36NO5.2C2HF3O2/c2*1-27(16-18-30-20-21-9-4-2-5-10-21)15-14-23(19-27)32-25(28)26(29,24-13-8-17-31-24)22-11-6-3-7-12-22;2*3-2(4,5)1(6)7/h2*2,4-5,8-10,13,17,22-23,29H,3,6-7,11-12,14-16,18-20H2,1H3;2*(H,6,7)/q2*+1;;/p-2. The summed E-state index contributed by atoms with van der Waals surface area (Å²) in [6.45, 7) is 7.59. The van der Waals surface area contributed by atoms with Crippen LogP contribution < -0.4 is 10.2 Å². The molecule has 0 radical (unpaired) electrons. The van der Waals surface area contributed by atoms with E-state index < -0.39 is 47.4 Å². The number of nitrogens with zero attached hydrogens (tertiary/aromatic N) is 2. The molecule has 0 amide bonds. The van der Waals surface area contributed by atoms with Crippen LogP contribution in [-0.4, -0.2) is 134 Å². The number of esters is 2. The number of furan rings is 2. The van der Waals surface area contributed by atoms with Crippen molar-refractivity contribution in [2.24, 2.45) is 11.8 Å². The molecule has 2 saturated heterocycles. The molecule has 4 heterocycles. The smallest absolute Gasteiger partial charge is 0.430 e. The number of likely N-dealkylation sites (N-methyl/N-ethyl adjacent to an activating group) is 2. The Kier molecular flexibility index (Phi) is 23.4. The molecule has 8 rings (SSSR count). The number of aliphatic hydroxyl groups is 2. The van der Waals surface area contributed by atoms with Gasteiger partial charge in [0.05, 0.1) is 66.1 Å². The van der Waals surface area contributed by atoms with Crippen LogP contribution in [0.1, 0.15) is 99.7 Å². The summed E-state index contributed by atoms with van der Waals surface area (Å²) >= 11 is 0. The molecule has 2 aliphatic heterocycles. The average Bonchev–Trinajstić information content (AvgIpc) is 4.28. The molecular formula is C56H72F6N2O14. The van der Waals surface area contributed by atoms with Crippen molar-refractivity contribution in [3.05, 3.63) is 120 Å². The van der Waals surface area contributed by atoms with E-state index in [9.17, 15) is 46.1 Å². The van der Waals surface area contributed by atoms with E-state index in [1.807, 2.05) is 36.4 Å². The molecule has 22 heteroatoms. The van der Waals surface area contributed by atoms with Gasteiger partial charge in [0, 0.05) is 24.7 Å². The summed E-state index contributed by atoms with van der Waals surface area (Å²) in [5.41, 5.74) is -1.06. The van der Waals surface area contributed by atoms with Crippen molar-refractivity contribution >= 4 is 23.9 Å². The summed E-state index contributed by atoms with van der Waals surface area (Å²) in [4.78, 5) is 44.1. The van der Waals surface area contributed by atoms with Crippen LogP contribution in [0, 0.1) is 11.8 Å². The predicted molar refractivity (Wildman–Crippen MR) is 263 cm³/mol. The monoisotopic (exact) mass is 1110 g/mol. The highest BCUT2D eigenvalue weighted by atomic mass is 19.4. The number of alkyl halides is 6. The van der Waals surface area contributed by atoms with Gasteiger partial charge in [0.25, 0.3) is 0 Å². The molecule has 78 heavy (non-hydrogen) atoms. The van der Waals surface area contributed by atoms with Gasteiger partial charge in [-0.1, -0.05) is 99.2 Å². The topological polar surface area (TPSA) is 218 Å². The molecule has 0 spiro atoms. The van der Waals surface area contributed by atoms with Crippen LogP contribution in [0.15, 0.2) is 106 Å². The molecule has 2 aromatic carbocycles. The molecule has 6 unspecified atom stereocenters. The third-order valence-electron chi connectivity index (χ3n) is 14.9. The minimum atomic E-state index is -5.19. The highest BCUT2D eigenvalue weighted by Crippen LogP contribution is 2.43. The summed E-state index contributed by atoms with van der Waals surface area (Å²) in [7, 11) is 4.36. The maximum Gasteiger partial charge on any atom is 0.430 e. The largest absolute Gasteiger partial charge is 0.542 e. The Balaban J connectivity index is 0.000000231. The second-order valence-corrected chi connectivity index (χ2v) is 20.9. The number of carboxylic acid groups (broad SMARTS) is 2. The predicted octanol–water partition coefficient (Wildman–Crippen LogP) is 6.65. The van der Waals surface area contributed by atoms with Crippen LogP contribution in [-0.2, 0) is 62.5 Å². The zero-order chi connectivity index (χ0) is 57.0. The van der Waals surface area contributed by atoms with Crippen LogP contribution in [0.4, 0.5) is 26.3 Å². The Morgan fingerprint density at radius 2 is 0.872 bits per heavy atom. The van der Waals surface area contributed by atoms with E-state index in [1.165, 1.54) is 23.7 Å². The zero-order valence-corrected chi connectivity index (χ0v) is 44.1. The van der Waals surface area contributed by atoms with Gasteiger partial charge in [-0.05, 0) is 61.1 Å². The third kappa shape index (κ3) is 18.7. The summed E-state index contributed by atoms with van der Waals surface area (Å²) in [6.07, 6.45) is 3.40. The quantitative estimate of drug-likeness (QED) is 0.0462. The lowest BCUT2D eigenvalue weighted by Crippen LogP contribution is -2.48. The number of ether oxygens (including phenoxy) is 4. The number of carbonyl (C=O) groups is 4. The molecular weight excluding hydrogens is 1040 g/mol. The summed E-state index contributed by atoms with van der Waals surface area (Å²) in [5, 5.41) is 40.7. The maximum absolute atomic E-state index is 13.3. The number of likely N-dealkylation sites (tertiary alicyclic amines) is 2. The van der Waals surface area contributed by atoms with Gasteiger partial charge in [0.15, 0.2) is 12.2 Å². The second-order valence-electron chi connectivity index (χ2n) is 20.9. The number of carbonyl (C=O) groups excluding carboxylic acids is 4. The first-order chi connectivity index (χ1) is 36.9. The number of hydrogen-bond acceptors (Lipinski definition) is 14. The normalized spacial score (nSPS) is 23.4. The molecule has 432 valence electrons. The summed E-state index contributed by atoms with van der Waals surface area (Å²) in [5.74, 6) is -6.85. The molecule has 4 fully saturated rings. The number of carboxylic acids is 2. The molecule has 4 aromatic rings.